The Kier molecular flexibility index (Phi) is 22.8. The first-order chi connectivity index (χ1) is 32.6. The number of nitrogens with two attached hydrogens (primary N) is 6. The summed E-state index contributed by atoms with van der Waals surface area (Å²) in [5.41, 5.74) is 33.5. The predicted molar refractivity (Wildman–Crippen MR) is 251 cm³/mol. The molecule has 3 rings (SSSR count). The first-order valence-electron chi connectivity index (χ1n) is 21.6. The van der Waals surface area contributed by atoms with Crippen molar-refractivity contribution in [2.45, 2.75) is 107 Å². The van der Waals surface area contributed by atoms with E-state index in [2.05, 4.69) is 42.2 Å². The first-order valence-corrected chi connectivity index (χ1v) is 24.1. The fraction of sp³-hybridized carbons (Fsp3) is 0.550. The number of aromatic hydroxyl groups is 1. The molecule has 2 aliphatic heterocycles. The van der Waals surface area contributed by atoms with E-state index in [1.165, 1.54) is 36.1 Å². The molecule has 29 heteroatoms. The second-order valence-corrected chi connectivity index (χ2v) is 18.6. The molecule has 0 unspecified atom stereocenters. The van der Waals surface area contributed by atoms with Gasteiger partial charge in [-0.15, -0.1) is 0 Å². The molecule has 2 fully saturated rings. The van der Waals surface area contributed by atoms with E-state index in [1.807, 2.05) is 0 Å². The predicted octanol–water partition coefficient (Wildman–Crippen LogP) is -6.63. The molecule has 11 amide bonds. The van der Waals surface area contributed by atoms with Crippen LogP contribution in [-0.2, 0) is 59.2 Å². The fourth-order valence-corrected chi connectivity index (χ4v) is 9.15. The van der Waals surface area contributed by atoms with Crippen LogP contribution < -0.4 is 71.6 Å². The van der Waals surface area contributed by atoms with Crippen LogP contribution in [0.25, 0.3) is 0 Å². The smallest absolute Gasteiger partial charge is 0.246 e. The maximum atomic E-state index is 14.5. The molecule has 0 aliphatic carbocycles. The van der Waals surface area contributed by atoms with Crippen LogP contribution in [0.3, 0.4) is 0 Å². The average molecular weight is 1010 g/mol. The fourth-order valence-electron chi connectivity index (χ4n) is 6.87. The van der Waals surface area contributed by atoms with Crippen LogP contribution in [0, 0.1) is 0 Å². The van der Waals surface area contributed by atoms with Crippen LogP contribution in [0.15, 0.2) is 29.3 Å². The van der Waals surface area contributed by atoms with Crippen molar-refractivity contribution in [1.82, 2.24) is 42.1 Å². The first kappa shape index (κ1) is 56.4. The van der Waals surface area contributed by atoms with Gasteiger partial charge in [-0.05, 0) is 56.7 Å². The lowest BCUT2D eigenvalue weighted by atomic mass is 10.0. The number of carbonyl (C=O) groups is 11. The van der Waals surface area contributed by atoms with Gasteiger partial charge in [-0.1, -0.05) is 33.7 Å². The van der Waals surface area contributed by atoms with Crippen LogP contribution in [-0.4, -0.2) is 160 Å². The summed E-state index contributed by atoms with van der Waals surface area (Å²) in [5, 5.41) is 27.0. The number of phenols is 1. The molecule has 1 aromatic rings. The Morgan fingerprint density at radius 2 is 1.42 bits per heavy atom. The van der Waals surface area contributed by atoms with Crippen molar-refractivity contribution in [1.29, 1.82) is 0 Å². The van der Waals surface area contributed by atoms with E-state index in [-0.39, 0.29) is 62.0 Å². The highest BCUT2D eigenvalue weighted by Crippen LogP contribution is 2.26. The lowest BCUT2D eigenvalue weighted by molar-refractivity contribution is -0.142. The second-order valence-electron chi connectivity index (χ2n) is 16.1. The van der Waals surface area contributed by atoms with Crippen molar-refractivity contribution in [2.75, 3.05) is 31.1 Å². The molecule has 0 radical (unpaired) electrons. The molecule has 0 spiro atoms. The number of primary amides is 3. The second kappa shape index (κ2) is 27.8. The minimum Gasteiger partial charge on any atom is -0.508 e. The highest BCUT2D eigenvalue weighted by molar-refractivity contribution is 8.76. The van der Waals surface area contributed by atoms with E-state index in [4.69, 9.17) is 34.4 Å². The van der Waals surface area contributed by atoms with Crippen molar-refractivity contribution < 1.29 is 57.8 Å². The molecule has 0 bridgehead atoms. The number of phenolic OH excluding ortho intramolecular Hbond substituents is 1. The van der Waals surface area contributed by atoms with E-state index < -0.39 is 139 Å². The summed E-state index contributed by atoms with van der Waals surface area (Å²) >= 11 is 0. The average Bonchev–Trinajstić information content (AvgIpc) is 3.78. The van der Waals surface area contributed by atoms with Crippen LogP contribution in [0.5, 0.6) is 5.75 Å². The quantitative estimate of drug-likeness (QED) is 0.0299. The van der Waals surface area contributed by atoms with Gasteiger partial charge in [-0.2, -0.15) is 0 Å². The van der Waals surface area contributed by atoms with Crippen molar-refractivity contribution in [3.63, 3.8) is 0 Å². The van der Waals surface area contributed by atoms with Gasteiger partial charge in [0.15, 0.2) is 5.96 Å². The van der Waals surface area contributed by atoms with Gasteiger partial charge in [0.1, 0.15) is 48.0 Å². The Labute approximate surface area is 404 Å². The SMILES string of the molecule is C[C@@H]1NC(=O)[C@H](Cc2ccc(O)cc2)NC(=O)[C@@H](N)CSSC[C@@H](C(=O)N2CCC[C@H]2C(=O)N[C@@H](CCCN=C(N)N)C(=O)NCC(N)=O)NC(=O)[C@H](CC(N)=O)NC(=O)[C@H](CCC(N)=O)NC1=O. The number of guanidine groups is 1. The van der Waals surface area contributed by atoms with E-state index in [9.17, 15) is 57.8 Å². The summed E-state index contributed by atoms with van der Waals surface area (Å²) in [4.78, 5) is 150. The minimum absolute atomic E-state index is 0.00577. The van der Waals surface area contributed by atoms with Gasteiger partial charge >= 0.3 is 0 Å². The third-order valence-electron chi connectivity index (χ3n) is 10.5. The van der Waals surface area contributed by atoms with E-state index >= 15 is 0 Å². The number of nitrogens with one attached hydrogen (secondary N) is 7. The number of carbonyl (C=O) groups excluding carboxylic acids is 11. The highest BCUT2D eigenvalue weighted by atomic mass is 33.1. The topological polar surface area (TPSA) is 464 Å². The van der Waals surface area contributed by atoms with Crippen molar-refractivity contribution in [3.05, 3.63) is 29.8 Å². The number of aliphatic imine (C=N–C) groups is 1. The molecule has 0 aromatic heterocycles. The van der Waals surface area contributed by atoms with Crippen LogP contribution in [0.4, 0.5) is 0 Å². The number of benzene rings is 1. The number of amides is 11. The Hall–Kier alpha value is -6.88. The number of hydrogen-bond acceptors (Lipinski definition) is 16. The molecule has 2 aliphatic rings. The molecule has 8 atom stereocenters. The zero-order valence-electron chi connectivity index (χ0n) is 37.7. The molecule has 380 valence electrons. The summed E-state index contributed by atoms with van der Waals surface area (Å²) in [6, 6.07) is -5.45. The van der Waals surface area contributed by atoms with Gasteiger partial charge in [-0.3, -0.25) is 57.7 Å². The maximum absolute atomic E-state index is 14.5. The molecule has 2 heterocycles. The van der Waals surface area contributed by atoms with E-state index in [1.54, 1.807) is 0 Å². The third-order valence-corrected chi connectivity index (χ3v) is 12.9. The zero-order valence-corrected chi connectivity index (χ0v) is 39.4. The van der Waals surface area contributed by atoms with Gasteiger partial charge in [0, 0.05) is 37.4 Å². The van der Waals surface area contributed by atoms with Crippen LogP contribution in [0.2, 0.25) is 0 Å². The molecular formula is C40H61N15O12S2. The van der Waals surface area contributed by atoms with Gasteiger partial charge in [0.25, 0.3) is 0 Å². The molecular weight excluding hydrogens is 947 g/mol. The number of nitrogens with zero attached hydrogens (tertiary/aromatic N) is 2. The van der Waals surface area contributed by atoms with Gasteiger partial charge < -0.3 is 81.6 Å². The van der Waals surface area contributed by atoms with Crippen LogP contribution in [0.1, 0.15) is 57.4 Å². The monoisotopic (exact) mass is 1010 g/mol. The van der Waals surface area contributed by atoms with Gasteiger partial charge in [0.2, 0.25) is 65.0 Å². The minimum atomic E-state index is -1.77. The highest BCUT2D eigenvalue weighted by Gasteiger charge is 2.40. The number of hydrogen-bond donors (Lipinski definition) is 14. The van der Waals surface area contributed by atoms with E-state index in [0.29, 0.717) is 12.0 Å². The van der Waals surface area contributed by atoms with Crippen LogP contribution >= 0.6 is 21.6 Å². The maximum Gasteiger partial charge on any atom is 0.246 e. The summed E-state index contributed by atoms with van der Waals surface area (Å²) < 4.78 is 0. The van der Waals surface area contributed by atoms with Crippen molar-refractivity contribution in [2.24, 2.45) is 39.4 Å². The third kappa shape index (κ3) is 19.3. The van der Waals surface area contributed by atoms with Crippen molar-refractivity contribution in [3.8, 4) is 5.75 Å². The van der Waals surface area contributed by atoms with Gasteiger partial charge in [0.05, 0.1) is 19.0 Å². The largest absolute Gasteiger partial charge is 0.508 e. The summed E-state index contributed by atoms with van der Waals surface area (Å²) in [6.07, 6.45) is -1.14. The molecule has 0 saturated carbocycles. The zero-order chi connectivity index (χ0) is 51.4. The Bertz CT molecular complexity index is 2100. The van der Waals surface area contributed by atoms with Gasteiger partial charge in [-0.25, -0.2) is 0 Å². The van der Waals surface area contributed by atoms with E-state index in [0.717, 1.165) is 21.6 Å². The summed E-state index contributed by atoms with van der Waals surface area (Å²) in [5.74, 6) is -10.4. The molecule has 1 aromatic carbocycles. The summed E-state index contributed by atoms with van der Waals surface area (Å²) in [7, 11) is 1.99. The molecule has 2 saturated heterocycles. The number of likely N-dealkylation sites (tertiary alicyclic amines) is 1. The molecule has 20 N–H and O–H groups in total. The normalized spacial score (nSPS) is 23.6. The molecule has 27 nitrogen and oxygen atoms in total. The summed E-state index contributed by atoms with van der Waals surface area (Å²) in [6.45, 7) is 0.846. The number of rotatable bonds is 17. The molecule has 69 heavy (non-hydrogen) atoms. The lowest BCUT2D eigenvalue weighted by Crippen LogP contribution is -2.61. The Balaban J connectivity index is 1.99. The van der Waals surface area contributed by atoms with Crippen molar-refractivity contribution >= 4 is 92.5 Å². The Morgan fingerprint density at radius 3 is 2.06 bits per heavy atom. The lowest BCUT2D eigenvalue weighted by Gasteiger charge is -2.31. The Morgan fingerprint density at radius 1 is 0.797 bits per heavy atom. The standard InChI is InChI=1S/C40H61N15O12S2/c1-19-32(60)50-24(10-11-29(42)57)35(63)53-26(15-30(43)58)37(65)54-27(18-69-68-17-22(41)33(61)52-25(36(64)49-19)14-20-6-8-21(56)9-7-20)39(67)55-13-3-5-28(55)38(66)51-23(4-2-12-47-40(45)46)34(62)48-16-31(44)59/h6-9,19,22-28,56H,2-5,10-18,41H2,1H3,(H2,42,57)(H2,43,58)(H2,44,59)(H,48,62)(H,49,64)(H,50,60)(H,51,66)(H,52,61)(H,53,63)(H,54,65)(H4,45,46,47)/t19-,22-,23-,24-,25-,26-,27-,28-/m0/s1.